The lowest BCUT2D eigenvalue weighted by atomic mass is 10.2. The van der Waals surface area contributed by atoms with E-state index >= 15 is 0 Å². The highest BCUT2D eigenvalue weighted by Gasteiger charge is 2.27. The van der Waals surface area contributed by atoms with Gasteiger partial charge in [-0.15, -0.1) is 11.3 Å². The number of amides is 1. The smallest absolute Gasteiger partial charge is 0.322 e. The zero-order valence-corrected chi connectivity index (χ0v) is 12.4. The summed E-state index contributed by atoms with van der Waals surface area (Å²) >= 11 is 6.94. The van der Waals surface area contributed by atoms with Crippen molar-refractivity contribution in [3.63, 3.8) is 0 Å². The summed E-state index contributed by atoms with van der Waals surface area (Å²) in [7, 11) is 0. The van der Waals surface area contributed by atoms with Crippen molar-refractivity contribution in [1.82, 2.24) is 15.5 Å². The van der Waals surface area contributed by atoms with Crippen LogP contribution in [0.15, 0.2) is 12.1 Å². The Morgan fingerprint density at radius 3 is 2.95 bits per heavy atom. The lowest BCUT2D eigenvalue weighted by Gasteiger charge is -2.08. The van der Waals surface area contributed by atoms with Crippen molar-refractivity contribution in [2.24, 2.45) is 0 Å². The maximum absolute atomic E-state index is 11.9. The zero-order valence-electron chi connectivity index (χ0n) is 10.8. The van der Waals surface area contributed by atoms with Crippen LogP contribution in [0.1, 0.15) is 27.2 Å². The molecule has 2 aromatic rings. The van der Waals surface area contributed by atoms with Gasteiger partial charge in [0, 0.05) is 11.4 Å². The number of H-pyrrole nitrogens is 1. The third kappa shape index (κ3) is 3.38. The van der Waals surface area contributed by atoms with Crippen LogP contribution in [0, 0.1) is 17.0 Å². The average Bonchev–Trinajstić information content (AvgIpc) is 3.01. The number of aliphatic hydroxyl groups excluding tert-OH is 1. The largest absolute Gasteiger partial charge is 0.386 e. The maximum atomic E-state index is 11.9. The molecule has 0 fully saturated rings. The van der Waals surface area contributed by atoms with Crippen molar-refractivity contribution >= 4 is 34.5 Å². The van der Waals surface area contributed by atoms with Gasteiger partial charge < -0.3 is 10.4 Å². The molecule has 8 nitrogen and oxygen atoms in total. The van der Waals surface area contributed by atoms with E-state index in [-0.39, 0.29) is 23.6 Å². The highest BCUT2D eigenvalue weighted by molar-refractivity contribution is 7.16. The van der Waals surface area contributed by atoms with Gasteiger partial charge in [-0.05, 0) is 19.1 Å². The van der Waals surface area contributed by atoms with Crippen molar-refractivity contribution in [3.8, 4) is 0 Å². The fourth-order valence-corrected chi connectivity index (χ4v) is 2.73. The van der Waals surface area contributed by atoms with E-state index in [9.17, 15) is 20.0 Å². The zero-order chi connectivity index (χ0) is 15.6. The molecule has 1 amide bonds. The van der Waals surface area contributed by atoms with Gasteiger partial charge >= 0.3 is 5.69 Å². The minimum Gasteiger partial charge on any atom is -0.386 e. The van der Waals surface area contributed by atoms with Gasteiger partial charge in [0.15, 0.2) is 0 Å². The number of halogens is 1. The van der Waals surface area contributed by atoms with Crippen LogP contribution >= 0.6 is 22.9 Å². The first-order valence-corrected chi connectivity index (χ1v) is 7.00. The van der Waals surface area contributed by atoms with E-state index in [1.54, 1.807) is 12.1 Å². The van der Waals surface area contributed by atoms with E-state index in [1.165, 1.54) is 18.3 Å². The van der Waals surface area contributed by atoms with E-state index in [0.717, 1.165) is 0 Å². The molecule has 2 rings (SSSR count). The predicted octanol–water partition coefficient (Wildman–Crippen LogP) is 1.80. The Kier molecular flexibility index (Phi) is 4.56. The molecule has 3 N–H and O–H groups in total. The number of hydrogen-bond donors (Lipinski definition) is 3. The Morgan fingerprint density at radius 2 is 2.38 bits per heavy atom. The highest BCUT2D eigenvalue weighted by Crippen LogP contribution is 2.26. The summed E-state index contributed by atoms with van der Waals surface area (Å²) in [5.74, 6) is -0.729. The van der Waals surface area contributed by atoms with Gasteiger partial charge in [-0.25, -0.2) is 0 Å². The Balaban J connectivity index is 2.04. The number of nitro groups is 1. The van der Waals surface area contributed by atoms with Crippen LogP contribution in [0.2, 0.25) is 4.34 Å². The average molecular weight is 331 g/mol. The number of nitrogens with zero attached hydrogens (tertiary/aromatic N) is 2. The quantitative estimate of drug-likeness (QED) is 0.570. The molecule has 10 heteroatoms. The van der Waals surface area contributed by atoms with Crippen molar-refractivity contribution in [3.05, 3.63) is 42.8 Å². The van der Waals surface area contributed by atoms with Crippen LogP contribution in [0.25, 0.3) is 0 Å². The lowest BCUT2D eigenvalue weighted by molar-refractivity contribution is -0.385. The van der Waals surface area contributed by atoms with E-state index in [1.807, 2.05) is 0 Å². The highest BCUT2D eigenvalue weighted by atomic mass is 35.5. The van der Waals surface area contributed by atoms with E-state index in [2.05, 4.69) is 15.5 Å². The lowest BCUT2D eigenvalue weighted by Crippen LogP contribution is -2.28. The fourth-order valence-electron chi connectivity index (χ4n) is 1.69. The second kappa shape index (κ2) is 6.20. The summed E-state index contributed by atoms with van der Waals surface area (Å²) in [5.41, 5.74) is -0.495. The minimum atomic E-state index is -0.939. The number of hydrogen-bond acceptors (Lipinski definition) is 6. The molecule has 1 atom stereocenters. The number of aromatic amines is 1. The maximum Gasteiger partial charge on any atom is 0.322 e. The predicted molar refractivity (Wildman–Crippen MR) is 76.6 cm³/mol. The van der Waals surface area contributed by atoms with Crippen molar-refractivity contribution in [1.29, 1.82) is 0 Å². The van der Waals surface area contributed by atoms with Crippen molar-refractivity contribution in [2.45, 2.75) is 13.0 Å². The van der Waals surface area contributed by atoms with E-state index in [0.29, 0.717) is 9.21 Å². The third-order valence-electron chi connectivity index (χ3n) is 2.69. The molecule has 2 heterocycles. The number of nitrogens with one attached hydrogen (secondary N) is 2. The van der Waals surface area contributed by atoms with Gasteiger partial charge in [-0.3, -0.25) is 20.0 Å². The van der Waals surface area contributed by atoms with Crippen molar-refractivity contribution < 1.29 is 14.8 Å². The first kappa shape index (κ1) is 15.4. The molecule has 0 unspecified atom stereocenters. The molecular weight excluding hydrogens is 320 g/mol. The first-order valence-electron chi connectivity index (χ1n) is 5.81. The molecule has 0 spiro atoms. The van der Waals surface area contributed by atoms with Gasteiger partial charge in [-0.1, -0.05) is 11.6 Å². The molecule has 0 aliphatic carbocycles. The summed E-state index contributed by atoms with van der Waals surface area (Å²) < 4.78 is 0.522. The molecule has 0 aliphatic rings. The number of rotatable bonds is 5. The van der Waals surface area contributed by atoms with Crippen LogP contribution in [-0.2, 0) is 0 Å². The Hall–Kier alpha value is -1.97. The molecule has 112 valence electrons. The first-order chi connectivity index (χ1) is 9.90. The van der Waals surface area contributed by atoms with Gasteiger partial charge in [0.1, 0.15) is 11.8 Å². The molecule has 0 aromatic carbocycles. The van der Waals surface area contributed by atoms with Crippen LogP contribution in [0.4, 0.5) is 5.69 Å². The SMILES string of the molecule is Cc1[nH]nc(C(=O)NC[C@@H](O)c2ccc(Cl)s2)c1[N+](=O)[O-]. The normalized spacial score (nSPS) is 12.1. The topological polar surface area (TPSA) is 121 Å². The summed E-state index contributed by atoms with van der Waals surface area (Å²) in [5, 5.41) is 29.2. The van der Waals surface area contributed by atoms with E-state index < -0.39 is 16.9 Å². The number of aliphatic hydroxyl groups is 1. The Bertz CT molecular complexity index is 684. The number of thiophene rings is 1. The minimum absolute atomic E-state index is 0.0985. The standard InChI is InChI=1S/C11H11ClN4O4S/c1-5-10(16(19)20)9(15-14-5)11(18)13-4-6(17)7-2-3-8(12)21-7/h2-3,6,17H,4H2,1H3,(H,13,18)(H,14,15)/t6-/m1/s1. The summed E-state index contributed by atoms with van der Waals surface area (Å²) in [6, 6.07) is 3.28. The van der Waals surface area contributed by atoms with Crippen LogP contribution in [0.5, 0.6) is 0 Å². The number of carbonyl (C=O) groups excluding carboxylic acids is 1. The Morgan fingerprint density at radius 1 is 1.67 bits per heavy atom. The molecule has 0 aliphatic heterocycles. The summed E-state index contributed by atoms with van der Waals surface area (Å²) in [6.07, 6.45) is -0.939. The number of aromatic nitrogens is 2. The number of carbonyl (C=O) groups is 1. The molecular formula is C11H11ClN4O4S. The molecule has 21 heavy (non-hydrogen) atoms. The second-order valence-electron chi connectivity index (χ2n) is 4.17. The monoisotopic (exact) mass is 330 g/mol. The number of aryl methyl sites for hydroxylation is 1. The van der Waals surface area contributed by atoms with Crippen LogP contribution < -0.4 is 5.32 Å². The molecule has 0 radical (unpaired) electrons. The fraction of sp³-hybridized carbons (Fsp3) is 0.273. The van der Waals surface area contributed by atoms with Gasteiger partial charge in [0.2, 0.25) is 5.69 Å². The molecule has 0 saturated heterocycles. The second-order valence-corrected chi connectivity index (χ2v) is 5.92. The van der Waals surface area contributed by atoms with Crippen LogP contribution in [0.3, 0.4) is 0 Å². The van der Waals surface area contributed by atoms with Crippen LogP contribution in [-0.4, -0.2) is 32.7 Å². The summed E-state index contributed by atoms with van der Waals surface area (Å²) in [6.45, 7) is 1.35. The molecule has 0 saturated carbocycles. The van der Waals surface area contributed by atoms with Gasteiger partial charge in [-0.2, -0.15) is 5.10 Å². The Labute approximate surface area is 127 Å². The summed E-state index contributed by atoms with van der Waals surface area (Å²) in [4.78, 5) is 22.7. The van der Waals surface area contributed by atoms with Crippen molar-refractivity contribution in [2.75, 3.05) is 6.54 Å². The molecule has 2 aromatic heterocycles. The molecule has 0 bridgehead atoms. The third-order valence-corrected chi connectivity index (χ3v) is 4.02. The van der Waals surface area contributed by atoms with Gasteiger partial charge in [0.25, 0.3) is 5.91 Å². The van der Waals surface area contributed by atoms with Gasteiger partial charge in [0.05, 0.1) is 9.26 Å². The van der Waals surface area contributed by atoms with E-state index in [4.69, 9.17) is 11.6 Å².